The van der Waals surface area contributed by atoms with Crippen LogP contribution in [0.15, 0.2) is 53.1 Å². The molecule has 4 heterocycles. The number of thioether (sulfide) groups is 1. The lowest BCUT2D eigenvalue weighted by atomic mass is 10.0. The summed E-state index contributed by atoms with van der Waals surface area (Å²) >= 11 is 2.14. The van der Waals surface area contributed by atoms with Gasteiger partial charge in [-0.05, 0) is 36.6 Å². The van der Waals surface area contributed by atoms with Gasteiger partial charge in [0, 0.05) is 41.8 Å². The van der Waals surface area contributed by atoms with Gasteiger partial charge in [-0.15, -0.1) is 11.8 Å². The van der Waals surface area contributed by atoms with Crippen LogP contribution in [0.1, 0.15) is 29.0 Å². The van der Waals surface area contributed by atoms with Gasteiger partial charge in [-0.2, -0.15) is 9.36 Å². The molecular formula is C23H22N8O6S2. The maximum absolute atomic E-state index is 13.2. The molecule has 14 nitrogen and oxygen atoms in total. The summed E-state index contributed by atoms with van der Waals surface area (Å²) in [5.74, 6) is -2.91. The highest BCUT2D eigenvalue weighted by atomic mass is 32.2. The lowest BCUT2D eigenvalue weighted by Crippen LogP contribution is -2.71. The Hall–Kier alpha value is -4.31. The number of aromatic nitrogens is 3. The molecule has 1 aliphatic carbocycles. The number of β-lactam (4-membered cyclic amide) rings is 1. The third kappa shape index (κ3) is 5.46. The fraction of sp³-hybridized carbons (Fsp3) is 0.304. The molecule has 1 saturated heterocycles. The number of hydrogen-bond donors (Lipinski definition) is 4. The maximum Gasteiger partial charge on any atom is 0.352 e. The van der Waals surface area contributed by atoms with Crippen LogP contribution in [0.25, 0.3) is 0 Å². The van der Waals surface area contributed by atoms with Crippen molar-refractivity contribution in [2.24, 2.45) is 5.16 Å². The lowest BCUT2D eigenvalue weighted by Gasteiger charge is -2.49. The number of carbonyl (C=O) groups excluding carboxylic acids is 3. The Morgan fingerprint density at radius 3 is 2.74 bits per heavy atom. The topological polar surface area (TPSA) is 202 Å². The molecule has 5 rings (SSSR count). The third-order valence-corrected chi connectivity index (χ3v) is 7.94. The molecule has 0 radical (unpaired) electrons. The predicted octanol–water partition coefficient (Wildman–Crippen LogP) is 0.123. The highest BCUT2D eigenvalue weighted by Gasteiger charge is 2.54. The number of amides is 3. The number of pyridine rings is 1. The van der Waals surface area contributed by atoms with Gasteiger partial charge in [0.2, 0.25) is 11.5 Å². The van der Waals surface area contributed by atoms with E-state index in [0.717, 1.165) is 22.9 Å². The zero-order valence-corrected chi connectivity index (χ0v) is 21.8. The van der Waals surface area contributed by atoms with E-state index in [-0.39, 0.29) is 40.8 Å². The van der Waals surface area contributed by atoms with Crippen LogP contribution in [0, 0.1) is 0 Å². The fourth-order valence-electron chi connectivity index (χ4n) is 4.15. The number of fused-ring (bicyclic) bond motifs is 1. The third-order valence-electron chi connectivity index (χ3n) is 6.06. The summed E-state index contributed by atoms with van der Waals surface area (Å²) in [6.07, 6.45) is 7.92. The van der Waals surface area contributed by atoms with Crippen molar-refractivity contribution >= 4 is 57.8 Å². The van der Waals surface area contributed by atoms with Gasteiger partial charge < -0.3 is 26.3 Å². The second-order valence-corrected chi connectivity index (χ2v) is 10.5. The molecule has 0 aromatic carbocycles. The molecule has 202 valence electrons. The molecule has 1 fully saturated rings. The smallest absolute Gasteiger partial charge is 0.352 e. The van der Waals surface area contributed by atoms with Crippen molar-refractivity contribution in [2.45, 2.75) is 30.4 Å². The number of carbonyl (C=O) groups is 4. The second kappa shape index (κ2) is 11.2. The van der Waals surface area contributed by atoms with E-state index >= 15 is 0 Å². The van der Waals surface area contributed by atoms with Crippen molar-refractivity contribution < 1.29 is 29.1 Å². The number of carboxylic acids is 1. The van der Waals surface area contributed by atoms with Crippen molar-refractivity contribution in [3.05, 3.63) is 59.3 Å². The number of allylic oxidation sites excluding steroid dienone is 1. The molecule has 2 aliphatic heterocycles. The predicted molar refractivity (Wildman–Crippen MR) is 140 cm³/mol. The minimum atomic E-state index is -1.31. The number of oxime groups is 1. The van der Waals surface area contributed by atoms with Crippen molar-refractivity contribution in [3.63, 3.8) is 0 Å². The van der Waals surface area contributed by atoms with Crippen molar-refractivity contribution in [1.82, 2.24) is 29.9 Å². The summed E-state index contributed by atoms with van der Waals surface area (Å²) in [7, 11) is 0. The number of rotatable bonds is 9. The summed E-state index contributed by atoms with van der Waals surface area (Å²) in [4.78, 5) is 65.2. The minimum Gasteiger partial charge on any atom is -0.477 e. The van der Waals surface area contributed by atoms with Crippen LogP contribution in [-0.4, -0.2) is 83.6 Å². The van der Waals surface area contributed by atoms with E-state index in [4.69, 9.17) is 10.6 Å². The lowest BCUT2D eigenvalue weighted by molar-refractivity contribution is -0.150. The number of aliphatic carboxylic acids is 1. The number of hydrogen-bond acceptors (Lipinski definition) is 12. The molecule has 3 amide bonds. The number of anilines is 1. The van der Waals surface area contributed by atoms with Crippen molar-refractivity contribution in [1.29, 1.82) is 0 Å². The first kappa shape index (κ1) is 26.3. The fourth-order valence-corrected chi connectivity index (χ4v) is 5.93. The second-order valence-electron chi connectivity index (χ2n) is 8.58. The Bertz CT molecular complexity index is 1410. The van der Waals surface area contributed by atoms with Gasteiger partial charge in [-0.25, -0.2) is 4.79 Å². The summed E-state index contributed by atoms with van der Waals surface area (Å²) in [6, 6.07) is 2.04. The van der Waals surface area contributed by atoms with Crippen LogP contribution >= 0.6 is 23.3 Å². The summed E-state index contributed by atoms with van der Waals surface area (Å²) in [5, 5.41) is 18.6. The van der Waals surface area contributed by atoms with Crippen LogP contribution in [0.4, 0.5) is 5.13 Å². The van der Waals surface area contributed by atoms with Gasteiger partial charge in [0.05, 0.1) is 0 Å². The van der Waals surface area contributed by atoms with Gasteiger partial charge in [-0.3, -0.25) is 24.3 Å². The molecule has 3 aliphatic rings. The number of nitrogen functional groups attached to an aromatic ring is 1. The number of nitrogens with one attached hydrogen (secondary N) is 2. The molecule has 16 heteroatoms. The molecule has 5 N–H and O–H groups in total. The Morgan fingerprint density at radius 1 is 1.28 bits per heavy atom. The highest BCUT2D eigenvalue weighted by molar-refractivity contribution is 8.00. The Morgan fingerprint density at radius 2 is 2.08 bits per heavy atom. The minimum absolute atomic E-state index is 0.0461. The molecule has 2 aromatic rings. The van der Waals surface area contributed by atoms with Crippen molar-refractivity contribution in [2.75, 3.05) is 18.0 Å². The molecule has 3 atom stereocenters. The largest absolute Gasteiger partial charge is 0.477 e. The SMILES string of the molecule is Nc1nc(C(=NOC2C=CCC2)C(=O)NC2C(=O)N3C(C(=O)O)=C(CNC(=O)c4ccncc4)CS[C@@H]23)ns1. The number of carboxylic acid groups (broad SMARTS) is 1. The Balaban J connectivity index is 1.29. The zero-order valence-electron chi connectivity index (χ0n) is 20.1. The Labute approximate surface area is 229 Å². The van der Waals surface area contributed by atoms with E-state index in [1.807, 2.05) is 12.2 Å². The first-order valence-electron chi connectivity index (χ1n) is 11.7. The van der Waals surface area contributed by atoms with Gasteiger partial charge in [0.25, 0.3) is 17.7 Å². The van der Waals surface area contributed by atoms with E-state index < -0.39 is 35.1 Å². The molecule has 2 unspecified atom stereocenters. The first-order valence-corrected chi connectivity index (χ1v) is 13.5. The summed E-state index contributed by atoms with van der Waals surface area (Å²) < 4.78 is 4.03. The van der Waals surface area contributed by atoms with Crippen LogP contribution in [0.5, 0.6) is 0 Å². The molecule has 0 spiro atoms. The highest BCUT2D eigenvalue weighted by Crippen LogP contribution is 2.40. The van der Waals surface area contributed by atoms with Gasteiger partial charge in [0.1, 0.15) is 23.2 Å². The van der Waals surface area contributed by atoms with E-state index in [9.17, 15) is 24.3 Å². The number of nitrogens with zero attached hydrogens (tertiary/aromatic N) is 5. The monoisotopic (exact) mass is 570 g/mol. The molecule has 2 aromatic heterocycles. The standard InChI is InChI=1S/C23H22N8O6S2/c24-23-28-17(30-39-23)14(29-37-13-3-1-2-4-13)19(33)27-15-20(34)31-16(22(35)36)12(10-38-21(15)31)9-26-18(32)11-5-7-25-8-6-11/h1,3,5-8,13,15,21H,2,4,9-10H2,(H,26,32)(H,27,33)(H,35,36)(H2,24,28,30)/t13?,15?,21-/m0/s1. The average molecular weight is 571 g/mol. The van der Waals surface area contributed by atoms with Crippen molar-refractivity contribution in [3.8, 4) is 0 Å². The van der Waals surface area contributed by atoms with Gasteiger partial charge >= 0.3 is 5.97 Å². The molecule has 0 saturated carbocycles. The summed E-state index contributed by atoms with van der Waals surface area (Å²) in [5.41, 5.74) is 5.94. The van der Waals surface area contributed by atoms with Crippen LogP contribution in [0.3, 0.4) is 0 Å². The Kier molecular flexibility index (Phi) is 7.56. The van der Waals surface area contributed by atoms with Gasteiger partial charge in [-0.1, -0.05) is 11.2 Å². The van der Waals surface area contributed by atoms with Crippen LogP contribution in [-0.2, 0) is 19.2 Å². The molecule has 39 heavy (non-hydrogen) atoms. The van der Waals surface area contributed by atoms with E-state index in [0.29, 0.717) is 17.6 Å². The van der Waals surface area contributed by atoms with E-state index in [1.165, 1.54) is 36.3 Å². The molecular weight excluding hydrogens is 548 g/mol. The van der Waals surface area contributed by atoms with Gasteiger partial charge in [0.15, 0.2) is 5.13 Å². The quantitative estimate of drug-likeness (QED) is 0.138. The summed E-state index contributed by atoms with van der Waals surface area (Å²) in [6.45, 7) is -0.0655. The zero-order chi connectivity index (χ0) is 27.5. The van der Waals surface area contributed by atoms with Crippen LogP contribution < -0.4 is 16.4 Å². The average Bonchev–Trinajstić information content (AvgIpc) is 3.62. The van der Waals surface area contributed by atoms with E-state index in [2.05, 4.69) is 30.1 Å². The maximum atomic E-state index is 13.2. The molecule has 0 bridgehead atoms. The van der Waals surface area contributed by atoms with Crippen LogP contribution in [0.2, 0.25) is 0 Å². The van der Waals surface area contributed by atoms with E-state index in [1.54, 1.807) is 0 Å². The first-order chi connectivity index (χ1) is 18.8. The normalized spacial score (nSPS) is 22.3. The number of nitrogens with two attached hydrogens (primary N) is 1.